The quantitative estimate of drug-likeness (QED) is 0.548. The van der Waals surface area contributed by atoms with Crippen LogP contribution in [0.4, 0.5) is 0 Å². The molecule has 0 aliphatic heterocycles. The van der Waals surface area contributed by atoms with Crippen LogP contribution in [-0.4, -0.2) is 35.8 Å². The first-order valence-corrected chi connectivity index (χ1v) is 11.5. The molecule has 0 spiro atoms. The molecule has 30 heavy (non-hydrogen) atoms. The van der Waals surface area contributed by atoms with Gasteiger partial charge in [-0.25, -0.2) is 18.4 Å². The van der Waals surface area contributed by atoms with E-state index in [1.807, 2.05) is 25.1 Å². The lowest BCUT2D eigenvalue weighted by Gasteiger charge is -2.12. The average Bonchev–Trinajstić information content (AvgIpc) is 2.73. The molecule has 2 heterocycles. The molecule has 0 amide bonds. The largest absolute Gasteiger partial charge is 0.496 e. The van der Waals surface area contributed by atoms with E-state index in [0.717, 1.165) is 6.42 Å². The van der Waals surface area contributed by atoms with Gasteiger partial charge in [0.05, 0.1) is 35.6 Å². The second-order valence-corrected chi connectivity index (χ2v) is 9.26. The summed E-state index contributed by atoms with van der Waals surface area (Å²) in [6, 6.07) is 12.1. The summed E-state index contributed by atoms with van der Waals surface area (Å²) in [4.78, 5) is 20.9. The highest BCUT2D eigenvalue weighted by molar-refractivity contribution is 7.90. The molecule has 3 aromatic rings. The number of rotatable bonds is 8. The van der Waals surface area contributed by atoms with Crippen LogP contribution < -0.4 is 10.3 Å². The number of pyridine rings is 1. The van der Waals surface area contributed by atoms with Gasteiger partial charge in [0.15, 0.2) is 15.7 Å². The molecule has 158 valence electrons. The highest BCUT2D eigenvalue weighted by atomic mass is 32.2. The van der Waals surface area contributed by atoms with Gasteiger partial charge in [-0.2, -0.15) is 0 Å². The topological polar surface area (TPSA) is 91.2 Å². The Bertz CT molecular complexity index is 1200. The van der Waals surface area contributed by atoms with Crippen molar-refractivity contribution in [1.29, 1.82) is 0 Å². The van der Waals surface area contributed by atoms with Crippen molar-refractivity contribution in [2.75, 3.05) is 12.9 Å². The molecule has 8 heteroatoms. The van der Waals surface area contributed by atoms with Crippen LogP contribution in [-0.2, 0) is 22.6 Å². The fourth-order valence-corrected chi connectivity index (χ4v) is 4.55. The lowest BCUT2D eigenvalue weighted by molar-refractivity contribution is 0.416. The van der Waals surface area contributed by atoms with Crippen LogP contribution in [0.2, 0.25) is 0 Å². The maximum Gasteiger partial charge on any atom is 0.250 e. The van der Waals surface area contributed by atoms with Crippen molar-refractivity contribution in [2.45, 2.75) is 25.5 Å². The van der Waals surface area contributed by atoms with E-state index in [1.165, 1.54) is 10.6 Å². The molecule has 0 saturated carbocycles. The second kappa shape index (κ2) is 9.21. The third-order valence-corrected chi connectivity index (χ3v) is 6.33. The first-order chi connectivity index (χ1) is 14.3. The summed E-state index contributed by atoms with van der Waals surface area (Å²) in [6.07, 6.45) is 3.09. The van der Waals surface area contributed by atoms with Crippen molar-refractivity contribution in [3.8, 4) is 28.4 Å². The third-order valence-electron chi connectivity index (χ3n) is 4.69. The summed E-state index contributed by atoms with van der Waals surface area (Å²) < 4.78 is 32.0. The molecule has 0 aliphatic carbocycles. The Balaban J connectivity index is 2.14. The summed E-state index contributed by atoms with van der Waals surface area (Å²) in [5.74, 6) is 0.915. The second-order valence-electron chi connectivity index (χ2n) is 7.08. The number of aryl methyl sites for hydroxylation is 1. The summed E-state index contributed by atoms with van der Waals surface area (Å²) in [5.41, 5.74) is 2.18. The van der Waals surface area contributed by atoms with Crippen molar-refractivity contribution in [3.05, 3.63) is 64.7 Å². The van der Waals surface area contributed by atoms with E-state index in [1.54, 1.807) is 38.6 Å². The van der Waals surface area contributed by atoms with Gasteiger partial charge in [-0.05, 0) is 30.7 Å². The van der Waals surface area contributed by atoms with E-state index >= 15 is 0 Å². The summed E-state index contributed by atoms with van der Waals surface area (Å²) in [6.45, 7) is 1.96. The first kappa shape index (κ1) is 21.7. The van der Waals surface area contributed by atoms with Crippen LogP contribution in [0.15, 0.2) is 53.5 Å². The van der Waals surface area contributed by atoms with Gasteiger partial charge in [0, 0.05) is 24.9 Å². The fraction of sp³-hybridized carbons (Fsp3) is 0.318. The predicted molar refractivity (Wildman–Crippen MR) is 117 cm³/mol. The molecule has 1 aromatic carbocycles. The normalized spacial score (nSPS) is 11.4. The number of ether oxygens (including phenoxy) is 1. The Morgan fingerprint density at radius 2 is 1.87 bits per heavy atom. The number of nitrogens with zero attached hydrogens (tertiary/aromatic N) is 3. The van der Waals surface area contributed by atoms with Gasteiger partial charge < -0.3 is 9.30 Å². The third kappa shape index (κ3) is 5.13. The molecule has 0 fully saturated rings. The van der Waals surface area contributed by atoms with Gasteiger partial charge in [-0.1, -0.05) is 25.5 Å². The van der Waals surface area contributed by atoms with Gasteiger partial charge in [-0.3, -0.25) is 4.79 Å². The number of hydrogen-bond acceptors (Lipinski definition) is 6. The molecule has 2 aromatic heterocycles. The van der Waals surface area contributed by atoms with Gasteiger partial charge in [0.1, 0.15) is 5.75 Å². The zero-order chi connectivity index (χ0) is 21.7. The van der Waals surface area contributed by atoms with Crippen molar-refractivity contribution < 1.29 is 13.2 Å². The van der Waals surface area contributed by atoms with Crippen LogP contribution >= 0.6 is 0 Å². The lowest BCUT2D eigenvalue weighted by Crippen LogP contribution is -2.14. The van der Waals surface area contributed by atoms with E-state index in [2.05, 4.69) is 9.97 Å². The van der Waals surface area contributed by atoms with Gasteiger partial charge in [0.25, 0.3) is 0 Å². The van der Waals surface area contributed by atoms with Crippen molar-refractivity contribution >= 4 is 9.84 Å². The Hall–Kier alpha value is -3.00. The standard InChI is InChI=1S/C22H25N3O4S/c1-4-5-12-30(27,28)15-17-13-19(16-10-11-21(26)25(2)14-16)24-22(23-17)18-8-6-7-9-20(18)29-3/h6-11,13-14H,4-5,12,15H2,1-3H3. The fourth-order valence-electron chi connectivity index (χ4n) is 3.08. The lowest BCUT2D eigenvalue weighted by atomic mass is 10.1. The van der Waals surface area contributed by atoms with Crippen LogP contribution in [0.1, 0.15) is 25.5 Å². The molecule has 0 bridgehead atoms. The minimum atomic E-state index is -3.30. The molecular weight excluding hydrogens is 402 g/mol. The molecule has 7 nitrogen and oxygen atoms in total. The highest BCUT2D eigenvalue weighted by Crippen LogP contribution is 2.29. The van der Waals surface area contributed by atoms with Crippen LogP contribution in [0, 0.1) is 0 Å². The number of benzene rings is 1. The highest BCUT2D eigenvalue weighted by Gasteiger charge is 2.17. The van der Waals surface area contributed by atoms with Crippen LogP contribution in [0.3, 0.4) is 0 Å². The molecule has 0 N–H and O–H groups in total. The van der Waals surface area contributed by atoms with E-state index in [9.17, 15) is 13.2 Å². The smallest absolute Gasteiger partial charge is 0.250 e. The van der Waals surface area contributed by atoms with Crippen LogP contribution in [0.25, 0.3) is 22.6 Å². The van der Waals surface area contributed by atoms with Gasteiger partial charge in [0.2, 0.25) is 5.56 Å². The monoisotopic (exact) mass is 427 g/mol. The zero-order valence-corrected chi connectivity index (χ0v) is 18.1. The first-order valence-electron chi connectivity index (χ1n) is 9.72. The number of unbranched alkanes of at least 4 members (excludes halogenated alkanes) is 1. The molecular formula is C22H25N3O4S. The Morgan fingerprint density at radius 1 is 1.10 bits per heavy atom. The molecule has 0 aliphatic rings. The zero-order valence-electron chi connectivity index (χ0n) is 17.3. The van der Waals surface area contributed by atoms with Gasteiger partial charge in [-0.15, -0.1) is 0 Å². The molecule has 0 saturated heterocycles. The number of sulfone groups is 1. The molecule has 0 radical (unpaired) electrons. The number of methoxy groups -OCH3 is 1. The Labute approximate surface area is 176 Å². The maximum atomic E-state index is 12.5. The average molecular weight is 428 g/mol. The predicted octanol–water partition coefficient (Wildman–Crippen LogP) is 3.23. The summed E-state index contributed by atoms with van der Waals surface area (Å²) in [7, 11) is -0.0837. The summed E-state index contributed by atoms with van der Waals surface area (Å²) >= 11 is 0. The number of para-hydroxylation sites is 1. The Kier molecular flexibility index (Phi) is 6.66. The number of hydrogen-bond donors (Lipinski definition) is 0. The molecule has 0 atom stereocenters. The minimum Gasteiger partial charge on any atom is -0.496 e. The van der Waals surface area contributed by atoms with Crippen molar-refractivity contribution in [3.63, 3.8) is 0 Å². The Morgan fingerprint density at radius 3 is 2.57 bits per heavy atom. The SMILES string of the molecule is CCCCS(=O)(=O)Cc1cc(-c2ccc(=O)n(C)c2)nc(-c2ccccc2OC)n1. The van der Waals surface area contributed by atoms with E-state index in [0.29, 0.717) is 40.5 Å². The van der Waals surface area contributed by atoms with E-state index < -0.39 is 9.84 Å². The van der Waals surface area contributed by atoms with E-state index in [-0.39, 0.29) is 17.1 Å². The summed E-state index contributed by atoms with van der Waals surface area (Å²) in [5, 5.41) is 0. The van der Waals surface area contributed by atoms with Gasteiger partial charge >= 0.3 is 0 Å². The van der Waals surface area contributed by atoms with E-state index in [4.69, 9.17) is 4.74 Å². The van der Waals surface area contributed by atoms with Crippen molar-refractivity contribution in [1.82, 2.24) is 14.5 Å². The molecule has 0 unspecified atom stereocenters. The molecule has 3 rings (SSSR count). The van der Waals surface area contributed by atoms with Crippen molar-refractivity contribution in [2.24, 2.45) is 7.05 Å². The van der Waals surface area contributed by atoms with Crippen LogP contribution in [0.5, 0.6) is 5.75 Å². The number of aromatic nitrogens is 3. The maximum absolute atomic E-state index is 12.5. The minimum absolute atomic E-state index is 0.118.